The summed E-state index contributed by atoms with van der Waals surface area (Å²) >= 11 is 0. The molecule has 0 aliphatic carbocycles. The third-order valence-corrected chi connectivity index (χ3v) is 3.61. The number of rotatable bonds is 3. The van der Waals surface area contributed by atoms with E-state index in [-0.39, 0.29) is 0 Å². The lowest BCUT2D eigenvalue weighted by atomic mass is 9.90. The van der Waals surface area contributed by atoms with Crippen molar-refractivity contribution in [2.75, 3.05) is 0 Å². The zero-order chi connectivity index (χ0) is 15.0. The van der Waals surface area contributed by atoms with Gasteiger partial charge in [0, 0.05) is 6.04 Å². The number of hydrogen-bond donors (Lipinski definition) is 1. The van der Waals surface area contributed by atoms with Gasteiger partial charge in [-0.1, -0.05) is 6.92 Å². The van der Waals surface area contributed by atoms with Crippen molar-refractivity contribution in [3.8, 4) is 0 Å². The van der Waals surface area contributed by atoms with E-state index < -0.39 is 42.0 Å². The zero-order valence-corrected chi connectivity index (χ0v) is 11.5. The molecule has 0 aromatic rings. The zero-order valence-electron chi connectivity index (χ0n) is 11.5. The van der Waals surface area contributed by atoms with Crippen LogP contribution >= 0.6 is 0 Å². The van der Waals surface area contributed by atoms with Crippen molar-refractivity contribution < 1.29 is 22.8 Å². The van der Waals surface area contributed by atoms with Crippen LogP contribution in [0, 0.1) is 0 Å². The monoisotopic (exact) mass is 280 g/mol. The molecule has 3 unspecified atom stereocenters. The van der Waals surface area contributed by atoms with Crippen molar-refractivity contribution in [3.05, 3.63) is 0 Å². The first-order valence-electron chi connectivity index (χ1n) is 6.23. The fraction of sp³-hybridized carbons (Fsp3) is 0.833. The Balaban J connectivity index is 3.01. The van der Waals surface area contributed by atoms with Crippen LogP contribution in [-0.4, -0.2) is 40.5 Å². The van der Waals surface area contributed by atoms with Gasteiger partial charge in [0.2, 0.25) is 11.8 Å². The number of nitrogens with one attached hydrogen (secondary N) is 1. The first-order valence-corrected chi connectivity index (χ1v) is 6.23. The van der Waals surface area contributed by atoms with Crippen LogP contribution in [-0.2, 0) is 9.59 Å². The molecule has 1 N–H and O–H groups in total. The Hall–Kier alpha value is -1.27. The highest BCUT2D eigenvalue weighted by Crippen LogP contribution is 2.29. The van der Waals surface area contributed by atoms with Gasteiger partial charge in [0.15, 0.2) is 0 Å². The summed E-state index contributed by atoms with van der Waals surface area (Å²) < 4.78 is 37.3. The van der Waals surface area contributed by atoms with Gasteiger partial charge in [-0.05, 0) is 27.2 Å². The van der Waals surface area contributed by atoms with E-state index in [2.05, 4.69) is 5.32 Å². The quantitative estimate of drug-likeness (QED) is 0.857. The normalized spacial score (nSPS) is 30.3. The Morgan fingerprint density at radius 3 is 2.37 bits per heavy atom. The minimum absolute atomic E-state index is 0.333. The number of alkyl halides is 3. The van der Waals surface area contributed by atoms with E-state index in [1.165, 1.54) is 20.8 Å². The second-order valence-corrected chi connectivity index (χ2v) is 5.23. The molecule has 0 bridgehead atoms. The first-order chi connectivity index (χ1) is 8.52. The van der Waals surface area contributed by atoms with Crippen LogP contribution in [0.15, 0.2) is 0 Å². The summed E-state index contributed by atoms with van der Waals surface area (Å²) in [5.41, 5.74) is -1.12. The maximum Gasteiger partial charge on any atom is 0.391 e. The van der Waals surface area contributed by atoms with Crippen molar-refractivity contribution >= 4 is 11.8 Å². The van der Waals surface area contributed by atoms with Crippen molar-refractivity contribution in [2.24, 2.45) is 0 Å². The molecule has 7 heteroatoms. The van der Waals surface area contributed by atoms with Crippen LogP contribution in [0.1, 0.15) is 40.5 Å². The number of carbonyl (C=O) groups excluding carboxylic acids is 2. The number of nitrogens with zero attached hydrogens (tertiary/aromatic N) is 1. The van der Waals surface area contributed by atoms with E-state index in [9.17, 15) is 22.8 Å². The Bertz CT molecular complexity index is 384. The van der Waals surface area contributed by atoms with E-state index in [1.54, 1.807) is 6.92 Å². The lowest BCUT2D eigenvalue weighted by molar-refractivity contribution is -0.168. The maximum absolute atomic E-state index is 12.4. The number of halogens is 3. The predicted octanol–water partition coefficient (Wildman–Crippen LogP) is 1.84. The van der Waals surface area contributed by atoms with E-state index >= 15 is 0 Å². The van der Waals surface area contributed by atoms with Crippen molar-refractivity contribution in [3.63, 3.8) is 0 Å². The summed E-state index contributed by atoms with van der Waals surface area (Å²) in [6.45, 7) is 6.00. The highest BCUT2D eigenvalue weighted by molar-refractivity contribution is 5.99. The second kappa shape index (κ2) is 5.02. The molecular weight excluding hydrogens is 261 g/mol. The molecule has 4 nitrogen and oxygen atoms in total. The molecule has 1 aliphatic rings. The maximum atomic E-state index is 12.4. The summed E-state index contributed by atoms with van der Waals surface area (Å²) in [5, 5.41) is 2.58. The molecular formula is C12H19F3N2O2. The average molecular weight is 280 g/mol. The summed E-state index contributed by atoms with van der Waals surface area (Å²) in [5.74, 6) is -0.878. The molecule has 0 aromatic heterocycles. The molecule has 1 heterocycles. The smallest absolute Gasteiger partial charge is 0.340 e. The minimum Gasteiger partial charge on any atom is -0.340 e. The summed E-state index contributed by atoms with van der Waals surface area (Å²) in [6, 6.07) is -1.94. The van der Waals surface area contributed by atoms with Gasteiger partial charge in [0.1, 0.15) is 11.6 Å². The lowest BCUT2D eigenvalue weighted by Gasteiger charge is -2.45. The van der Waals surface area contributed by atoms with Crippen LogP contribution in [0.25, 0.3) is 0 Å². The van der Waals surface area contributed by atoms with E-state index in [0.717, 1.165) is 4.90 Å². The van der Waals surface area contributed by atoms with E-state index in [1.807, 2.05) is 0 Å². The summed E-state index contributed by atoms with van der Waals surface area (Å²) in [6.07, 6.45) is -5.15. The van der Waals surface area contributed by atoms with Crippen LogP contribution in [0.4, 0.5) is 13.2 Å². The minimum atomic E-state index is -4.37. The summed E-state index contributed by atoms with van der Waals surface area (Å²) in [7, 11) is 0. The number of amides is 2. The van der Waals surface area contributed by atoms with Crippen LogP contribution < -0.4 is 5.32 Å². The van der Waals surface area contributed by atoms with Gasteiger partial charge in [-0.25, -0.2) is 0 Å². The molecule has 3 atom stereocenters. The predicted molar refractivity (Wildman–Crippen MR) is 63.3 cm³/mol. The number of hydrogen-bond acceptors (Lipinski definition) is 2. The Labute approximate surface area is 110 Å². The van der Waals surface area contributed by atoms with Crippen molar-refractivity contribution in [1.29, 1.82) is 0 Å². The van der Waals surface area contributed by atoms with Gasteiger partial charge in [0.25, 0.3) is 0 Å². The van der Waals surface area contributed by atoms with E-state index in [4.69, 9.17) is 0 Å². The second-order valence-electron chi connectivity index (χ2n) is 5.23. The lowest BCUT2D eigenvalue weighted by Crippen LogP contribution is -2.70. The highest BCUT2D eigenvalue weighted by atomic mass is 19.4. The molecule has 110 valence electrons. The fourth-order valence-corrected chi connectivity index (χ4v) is 2.27. The Morgan fingerprint density at radius 2 is 1.95 bits per heavy atom. The van der Waals surface area contributed by atoms with Crippen molar-refractivity contribution in [1.82, 2.24) is 10.2 Å². The number of piperazine rings is 1. The topological polar surface area (TPSA) is 49.4 Å². The fourth-order valence-electron chi connectivity index (χ4n) is 2.27. The molecule has 1 fully saturated rings. The largest absolute Gasteiger partial charge is 0.391 e. The molecule has 2 amide bonds. The van der Waals surface area contributed by atoms with Gasteiger partial charge in [0.05, 0.1) is 6.42 Å². The summed E-state index contributed by atoms with van der Waals surface area (Å²) in [4.78, 5) is 25.2. The molecule has 0 aromatic carbocycles. The third kappa shape index (κ3) is 3.19. The Kier molecular flexibility index (Phi) is 4.17. The van der Waals surface area contributed by atoms with Crippen LogP contribution in [0.3, 0.4) is 0 Å². The Morgan fingerprint density at radius 1 is 1.42 bits per heavy atom. The molecule has 0 radical (unpaired) electrons. The third-order valence-electron chi connectivity index (χ3n) is 3.61. The van der Waals surface area contributed by atoms with Gasteiger partial charge >= 0.3 is 6.18 Å². The van der Waals surface area contributed by atoms with Gasteiger partial charge in [-0.2, -0.15) is 13.2 Å². The SMILES string of the molecule is CCC1(C)NC(=O)C(C)N(C(C)CC(F)(F)F)C1=O. The number of carbonyl (C=O) groups is 2. The van der Waals surface area contributed by atoms with Crippen LogP contribution in [0.2, 0.25) is 0 Å². The van der Waals surface area contributed by atoms with Crippen LogP contribution in [0.5, 0.6) is 0 Å². The molecule has 0 spiro atoms. The van der Waals surface area contributed by atoms with Gasteiger partial charge < -0.3 is 10.2 Å². The average Bonchev–Trinajstić information content (AvgIpc) is 2.24. The highest BCUT2D eigenvalue weighted by Gasteiger charge is 2.48. The van der Waals surface area contributed by atoms with Gasteiger partial charge in [-0.3, -0.25) is 9.59 Å². The molecule has 0 saturated carbocycles. The molecule has 1 saturated heterocycles. The molecule has 19 heavy (non-hydrogen) atoms. The van der Waals surface area contributed by atoms with Gasteiger partial charge in [-0.15, -0.1) is 0 Å². The van der Waals surface area contributed by atoms with E-state index in [0.29, 0.717) is 6.42 Å². The molecule has 1 aliphatic heterocycles. The molecule has 1 rings (SSSR count). The standard InChI is InChI=1S/C12H19F3N2O2/c1-5-11(4)10(19)17(8(3)9(18)16-11)7(2)6-12(13,14)15/h7-8H,5-6H2,1-4H3,(H,16,18). The first kappa shape index (κ1) is 15.8. The van der Waals surface area contributed by atoms with Crippen molar-refractivity contribution in [2.45, 2.75) is 64.3 Å².